The first-order valence-electron chi connectivity index (χ1n) is 5.61. The van der Waals surface area contributed by atoms with Crippen LogP contribution in [0.5, 0.6) is 0 Å². The Balaban J connectivity index is 1.77. The summed E-state index contributed by atoms with van der Waals surface area (Å²) in [5.74, 6) is 0. The molecule has 0 saturated carbocycles. The molecule has 2 aromatic rings. The molecule has 1 aromatic carbocycles. The lowest BCUT2D eigenvalue weighted by atomic mass is 10.2. The number of hydrogen-bond donors (Lipinski definition) is 0. The second-order valence-corrected chi connectivity index (χ2v) is 3.92. The van der Waals surface area contributed by atoms with Gasteiger partial charge in [-0.2, -0.15) is 0 Å². The summed E-state index contributed by atoms with van der Waals surface area (Å²) < 4.78 is 8.72. The zero-order valence-corrected chi connectivity index (χ0v) is 9.87. The standard InChI is InChI=1S/C13H16N2O2/c1-14-7-8-15(13(14)16)9-10-17-11-12-5-3-2-4-6-12/h2-8H,9-11H2,1H3. The molecule has 0 bridgehead atoms. The van der Waals surface area contributed by atoms with E-state index in [-0.39, 0.29) is 5.69 Å². The maximum absolute atomic E-state index is 11.5. The van der Waals surface area contributed by atoms with Gasteiger partial charge in [0.15, 0.2) is 0 Å². The van der Waals surface area contributed by atoms with Gasteiger partial charge >= 0.3 is 5.69 Å². The highest BCUT2D eigenvalue weighted by Gasteiger charge is 1.99. The summed E-state index contributed by atoms with van der Waals surface area (Å²) >= 11 is 0. The van der Waals surface area contributed by atoms with Crippen molar-refractivity contribution >= 4 is 0 Å². The summed E-state index contributed by atoms with van der Waals surface area (Å²) in [4.78, 5) is 11.5. The van der Waals surface area contributed by atoms with E-state index >= 15 is 0 Å². The van der Waals surface area contributed by atoms with E-state index in [0.717, 1.165) is 5.56 Å². The van der Waals surface area contributed by atoms with E-state index < -0.39 is 0 Å². The van der Waals surface area contributed by atoms with Gasteiger partial charge in [0.25, 0.3) is 0 Å². The third kappa shape index (κ3) is 3.07. The van der Waals surface area contributed by atoms with Crippen molar-refractivity contribution in [3.05, 3.63) is 58.8 Å². The topological polar surface area (TPSA) is 36.2 Å². The number of ether oxygens (including phenoxy) is 1. The number of benzene rings is 1. The molecule has 0 fully saturated rings. The molecule has 0 aliphatic rings. The van der Waals surface area contributed by atoms with Gasteiger partial charge in [-0.3, -0.25) is 4.57 Å². The van der Waals surface area contributed by atoms with Crippen LogP contribution in [0.2, 0.25) is 0 Å². The maximum atomic E-state index is 11.5. The minimum atomic E-state index is -0.00619. The van der Waals surface area contributed by atoms with Gasteiger partial charge in [-0.25, -0.2) is 4.79 Å². The highest BCUT2D eigenvalue weighted by Crippen LogP contribution is 2.00. The minimum absolute atomic E-state index is 0.00619. The summed E-state index contributed by atoms with van der Waals surface area (Å²) in [7, 11) is 1.74. The zero-order valence-electron chi connectivity index (χ0n) is 9.87. The average molecular weight is 232 g/mol. The molecule has 90 valence electrons. The molecule has 0 spiro atoms. The Hall–Kier alpha value is -1.81. The Kier molecular flexibility index (Phi) is 3.77. The molecule has 1 heterocycles. The summed E-state index contributed by atoms with van der Waals surface area (Å²) in [5, 5.41) is 0. The number of aromatic nitrogens is 2. The van der Waals surface area contributed by atoms with Crippen LogP contribution in [-0.2, 0) is 24.9 Å². The fourth-order valence-electron chi connectivity index (χ4n) is 1.61. The van der Waals surface area contributed by atoms with E-state index in [1.807, 2.05) is 30.3 Å². The summed E-state index contributed by atoms with van der Waals surface area (Å²) in [6.07, 6.45) is 3.52. The molecule has 0 aliphatic heterocycles. The number of hydrogen-bond acceptors (Lipinski definition) is 2. The first-order valence-corrected chi connectivity index (χ1v) is 5.61. The summed E-state index contributed by atoms with van der Waals surface area (Å²) in [6, 6.07) is 10.00. The van der Waals surface area contributed by atoms with Crippen LogP contribution in [-0.4, -0.2) is 15.7 Å². The number of rotatable bonds is 5. The first-order chi connectivity index (χ1) is 8.27. The zero-order chi connectivity index (χ0) is 12.1. The fraction of sp³-hybridized carbons (Fsp3) is 0.308. The lowest BCUT2D eigenvalue weighted by Gasteiger charge is -2.04. The van der Waals surface area contributed by atoms with E-state index in [0.29, 0.717) is 19.8 Å². The van der Waals surface area contributed by atoms with Gasteiger partial charge in [0.1, 0.15) is 0 Å². The third-order valence-electron chi connectivity index (χ3n) is 2.61. The van der Waals surface area contributed by atoms with E-state index in [9.17, 15) is 4.79 Å². The molecule has 0 aliphatic carbocycles. The normalized spacial score (nSPS) is 10.6. The highest BCUT2D eigenvalue weighted by atomic mass is 16.5. The van der Waals surface area contributed by atoms with E-state index in [1.54, 1.807) is 28.6 Å². The minimum Gasteiger partial charge on any atom is -0.375 e. The molecule has 0 atom stereocenters. The van der Waals surface area contributed by atoms with Gasteiger partial charge in [0.05, 0.1) is 19.8 Å². The average Bonchev–Trinajstić information content (AvgIpc) is 2.67. The van der Waals surface area contributed by atoms with Crippen LogP contribution in [0, 0.1) is 0 Å². The second kappa shape index (κ2) is 5.50. The van der Waals surface area contributed by atoms with Crippen LogP contribution < -0.4 is 5.69 Å². The maximum Gasteiger partial charge on any atom is 0.327 e. The monoisotopic (exact) mass is 232 g/mol. The lowest BCUT2D eigenvalue weighted by Crippen LogP contribution is -2.23. The fourth-order valence-corrected chi connectivity index (χ4v) is 1.61. The van der Waals surface area contributed by atoms with E-state index in [2.05, 4.69) is 0 Å². The largest absolute Gasteiger partial charge is 0.375 e. The van der Waals surface area contributed by atoms with E-state index in [4.69, 9.17) is 4.74 Å². The number of aryl methyl sites for hydroxylation is 1. The predicted octanol–water partition coefficient (Wildman–Crippen LogP) is 1.40. The Morgan fingerprint density at radius 1 is 1.18 bits per heavy atom. The van der Waals surface area contributed by atoms with Gasteiger partial charge < -0.3 is 9.30 Å². The van der Waals surface area contributed by atoms with Crippen molar-refractivity contribution in [1.82, 2.24) is 9.13 Å². The van der Waals surface area contributed by atoms with Gasteiger partial charge in [-0.15, -0.1) is 0 Å². The van der Waals surface area contributed by atoms with Crippen LogP contribution >= 0.6 is 0 Å². The van der Waals surface area contributed by atoms with Crippen molar-refractivity contribution in [3.63, 3.8) is 0 Å². The van der Waals surface area contributed by atoms with Crippen LogP contribution in [0.25, 0.3) is 0 Å². The molecular formula is C13H16N2O2. The molecular weight excluding hydrogens is 216 g/mol. The lowest BCUT2D eigenvalue weighted by molar-refractivity contribution is 0.112. The van der Waals surface area contributed by atoms with Gasteiger partial charge in [0.2, 0.25) is 0 Å². The Labute approximate surface area is 100 Å². The molecule has 0 saturated heterocycles. The molecule has 1 aromatic heterocycles. The number of nitrogens with zero attached hydrogens (tertiary/aromatic N) is 2. The third-order valence-corrected chi connectivity index (χ3v) is 2.61. The van der Waals surface area contributed by atoms with Crippen LogP contribution in [0.3, 0.4) is 0 Å². The van der Waals surface area contributed by atoms with E-state index in [1.165, 1.54) is 0 Å². The van der Waals surface area contributed by atoms with Gasteiger partial charge in [-0.1, -0.05) is 30.3 Å². The molecule has 17 heavy (non-hydrogen) atoms. The highest BCUT2D eigenvalue weighted by molar-refractivity contribution is 5.13. The van der Waals surface area contributed by atoms with Crippen molar-refractivity contribution in [2.75, 3.05) is 6.61 Å². The predicted molar refractivity (Wildman–Crippen MR) is 65.8 cm³/mol. The smallest absolute Gasteiger partial charge is 0.327 e. The number of imidazole rings is 1. The SMILES string of the molecule is Cn1ccn(CCOCc2ccccc2)c1=O. The van der Waals surface area contributed by atoms with Crippen molar-refractivity contribution in [1.29, 1.82) is 0 Å². The van der Waals surface area contributed by atoms with Gasteiger partial charge in [0, 0.05) is 19.4 Å². The molecule has 0 unspecified atom stereocenters. The van der Waals surface area contributed by atoms with Crippen molar-refractivity contribution in [2.45, 2.75) is 13.2 Å². The Bertz CT molecular complexity index is 514. The molecule has 0 radical (unpaired) electrons. The van der Waals surface area contributed by atoms with Crippen LogP contribution in [0.4, 0.5) is 0 Å². The van der Waals surface area contributed by atoms with Crippen LogP contribution in [0.1, 0.15) is 5.56 Å². The molecule has 0 N–H and O–H groups in total. The molecule has 2 rings (SSSR count). The quantitative estimate of drug-likeness (QED) is 0.731. The van der Waals surface area contributed by atoms with Crippen molar-refractivity contribution in [3.8, 4) is 0 Å². The van der Waals surface area contributed by atoms with Crippen molar-refractivity contribution < 1.29 is 4.74 Å². The summed E-state index contributed by atoms with van der Waals surface area (Å²) in [6.45, 7) is 1.72. The molecule has 4 heteroatoms. The summed E-state index contributed by atoms with van der Waals surface area (Å²) in [5.41, 5.74) is 1.14. The molecule has 4 nitrogen and oxygen atoms in total. The van der Waals surface area contributed by atoms with Crippen molar-refractivity contribution in [2.24, 2.45) is 7.05 Å². The Morgan fingerprint density at radius 2 is 1.94 bits per heavy atom. The van der Waals surface area contributed by atoms with Crippen LogP contribution in [0.15, 0.2) is 47.5 Å². The molecule has 0 amide bonds. The second-order valence-electron chi connectivity index (χ2n) is 3.92. The van der Waals surface area contributed by atoms with Gasteiger partial charge in [-0.05, 0) is 5.56 Å². The Morgan fingerprint density at radius 3 is 2.59 bits per heavy atom. The first kappa shape index (κ1) is 11.7.